The number of hydrogen-bond donors (Lipinski definition) is 0. The molecular formula is C27H26Cl2FN3O2. The van der Waals surface area contributed by atoms with Crippen molar-refractivity contribution in [3.63, 3.8) is 0 Å². The molecule has 4 rings (SSSR count). The maximum Gasteiger partial charge on any atom is 0.226 e. The summed E-state index contributed by atoms with van der Waals surface area (Å²) in [6.07, 6.45) is 3.32. The Morgan fingerprint density at radius 2 is 1.80 bits per heavy atom. The summed E-state index contributed by atoms with van der Waals surface area (Å²) in [6.45, 7) is 7.13. The maximum absolute atomic E-state index is 14.0. The second-order valence-corrected chi connectivity index (χ2v) is 9.00. The number of carbonyl (C=O) groups is 1. The molecule has 182 valence electrons. The molecule has 1 atom stereocenters. The Balaban J connectivity index is 1.57. The summed E-state index contributed by atoms with van der Waals surface area (Å²) in [4.78, 5) is 24.8. The first-order chi connectivity index (χ1) is 16.8. The van der Waals surface area contributed by atoms with Crippen LogP contribution in [-0.4, -0.2) is 33.6 Å². The fourth-order valence-electron chi connectivity index (χ4n) is 4.05. The summed E-state index contributed by atoms with van der Waals surface area (Å²) < 4.78 is 15.6. The number of nitrogens with zero attached hydrogens (tertiary/aromatic N) is 3. The van der Waals surface area contributed by atoms with Gasteiger partial charge in [-0.3, -0.25) is 9.78 Å². The maximum atomic E-state index is 14.0. The van der Waals surface area contributed by atoms with E-state index in [1.165, 1.54) is 12.1 Å². The Morgan fingerprint density at radius 3 is 2.49 bits per heavy atom. The van der Waals surface area contributed by atoms with E-state index in [9.17, 15) is 9.18 Å². The third-order valence-electron chi connectivity index (χ3n) is 6.02. The molecule has 0 spiro atoms. The Bertz CT molecular complexity index is 1350. The Kier molecular flexibility index (Phi) is 7.63. The standard InChI is InChI=1S/C27H26Cl2FN3O2/c1-4-32(5-2)25(34)14-18-6-8-19(9-7-18)20-15-24-23(31-16-20)12-13-33(24)35-17(3)26-21(28)10-11-22(30)27(26)29/h6-13,15-17H,4-5,14H2,1-3H3. The van der Waals surface area contributed by atoms with Crippen LogP contribution in [0.2, 0.25) is 10.0 Å². The van der Waals surface area contributed by atoms with Crippen LogP contribution >= 0.6 is 23.2 Å². The van der Waals surface area contributed by atoms with Crippen LogP contribution in [0.5, 0.6) is 0 Å². The summed E-state index contributed by atoms with van der Waals surface area (Å²) in [5.74, 6) is -0.432. The van der Waals surface area contributed by atoms with Gasteiger partial charge in [0.1, 0.15) is 11.3 Å². The lowest BCUT2D eigenvalue weighted by molar-refractivity contribution is -0.130. The van der Waals surface area contributed by atoms with Gasteiger partial charge in [-0.15, -0.1) is 0 Å². The molecule has 2 aromatic carbocycles. The minimum atomic E-state index is -0.604. The molecule has 0 fully saturated rings. The molecule has 0 bridgehead atoms. The molecule has 0 saturated heterocycles. The molecule has 2 aromatic heterocycles. The molecule has 1 unspecified atom stereocenters. The quantitative estimate of drug-likeness (QED) is 0.245. The van der Waals surface area contributed by atoms with Crippen molar-refractivity contribution in [1.82, 2.24) is 14.6 Å². The van der Waals surface area contributed by atoms with Gasteiger partial charge < -0.3 is 9.74 Å². The van der Waals surface area contributed by atoms with Crippen LogP contribution < -0.4 is 4.84 Å². The molecule has 1 amide bonds. The molecule has 5 nitrogen and oxygen atoms in total. The molecule has 0 aliphatic rings. The van der Waals surface area contributed by atoms with Crippen molar-refractivity contribution in [2.24, 2.45) is 0 Å². The Hall–Kier alpha value is -3.09. The average molecular weight is 514 g/mol. The topological polar surface area (TPSA) is 47.4 Å². The van der Waals surface area contributed by atoms with Crippen LogP contribution in [0, 0.1) is 5.82 Å². The van der Waals surface area contributed by atoms with Gasteiger partial charge in [0.2, 0.25) is 5.91 Å². The van der Waals surface area contributed by atoms with Crippen LogP contribution in [-0.2, 0) is 11.2 Å². The van der Waals surface area contributed by atoms with Gasteiger partial charge in [-0.1, -0.05) is 47.5 Å². The lowest BCUT2D eigenvalue weighted by atomic mass is 10.0. The molecular weight excluding hydrogens is 488 g/mol. The minimum Gasteiger partial charge on any atom is -0.406 e. The zero-order valence-electron chi connectivity index (χ0n) is 19.8. The number of likely N-dealkylation sites (N-methyl/N-ethyl adjacent to an activating group) is 1. The van der Waals surface area contributed by atoms with E-state index in [4.69, 9.17) is 28.0 Å². The smallest absolute Gasteiger partial charge is 0.226 e. The third kappa shape index (κ3) is 5.29. The second-order valence-electron chi connectivity index (χ2n) is 8.21. The number of benzene rings is 2. The number of carbonyl (C=O) groups excluding carboxylic acids is 1. The van der Waals surface area contributed by atoms with Crippen LogP contribution in [0.4, 0.5) is 4.39 Å². The third-order valence-corrected chi connectivity index (χ3v) is 6.73. The zero-order valence-corrected chi connectivity index (χ0v) is 21.3. The monoisotopic (exact) mass is 513 g/mol. The van der Waals surface area contributed by atoms with Crippen molar-refractivity contribution < 1.29 is 14.0 Å². The first kappa shape index (κ1) is 25.0. The molecule has 8 heteroatoms. The van der Waals surface area contributed by atoms with E-state index in [1.807, 2.05) is 55.1 Å². The summed E-state index contributed by atoms with van der Waals surface area (Å²) in [5.41, 5.74) is 4.71. The Labute approximate surface area is 214 Å². The summed E-state index contributed by atoms with van der Waals surface area (Å²) in [5, 5.41) is 0.276. The van der Waals surface area contributed by atoms with Gasteiger partial charge in [0.25, 0.3) is 0 Å². The highest BCUT2D eigenvalue weighted by Crippen LogP contribution is 2.33. The zero-order chi connectivity index (χ0) is 25.1. The number of hydrogen-bond acceptors (Lipinski definition) is 3. The van der Waals surface area contributed by atoms with E-state index in [1.54, 1.807) is 24.0 Å². The number of fused-ring (bicyclic) bond motifs is 1. The molecule has 2 heterocycles. The van der Waals surface area contributed by atoms with Crippen molar-refractivity contribution >= 4 is 40.1 Å². The molecule has 0 aliphatic heterocycles. The summed E-state index contributed by atoms with van der Waals surface area (Å²) in [7, 11) is 0. The Morgan fingerprint density at radius 1 is 1.09 bits per heavy atom. The van der Waals surface area contributed by atoms with E-state index in [0.29, 0.717) is 30.1 Å². The first-order valence-electron chi connectivity index (χ1n) is 11.5. The van der Waals surface area contributed by atoms with Gasteiger partial charge in [-0.05, 0) is 56.2 Å². The SMILES string of the molecule is CCN(CC)C(=O)Cc1ccc(-c2cnc3ccn(OC(C)c4c(Cl)ccc(F)c4Cl)c3c2)cc1. The number of halogens is 3. The molecule has 0 saturated carbocycles. The number of amides is 1. The van der Waals surface area contributed by atoms with Crippen molar-refractivity contribution in [2.75, 3.05) is 13.1 Å². The fourth-order valence-corrected chi connectivity index (χ4v) is 4.73. The van der Waals surface area contributed by atoms with Gasteiger partial charge in [-0.25, -0.2) is 4.39 Å². The summed E-state index contributed by atoms with van der Waals surface area (Å²) in [6, 6.07) is 14.4. The lowest BCUT2D eigenvalue weighted by Gasteiger charge is -2.19. The largest absolute Gasteiger partial charge is 0.406 e. The predicted molar refractivity (Wildman–Crippen MR) is 138 cm³/mol. The number of pyridine rings is 1. The van der Waals surface area contributed by atoms with Crippen molar-refractivity contribution in [3.8, 4) is 11.1 Å². The molecule has 0 N–H and O–H groups in total. The van der Waals surface area contributed by atoms with Crippen LogP contribution in [0.25, 0.3) is 22.2 Å². The van der Waals surface area contributed by atoms with Crippen molar-refractivity contribution in [1.29, 1.82) is 0 Å². The normalized spacial score (nSPS) is 12.1. The van der Waals surface area contributed by atoms with Gasteiger partial charge in [-0.2, -0.15) is 4.73 Å². The van der Waals surface area contributed by atoms with E-state index in [0.717, 1.165) is 27.7 Å². The first-order valence-corrected chi connectivity index (χ1v) is 12.2. The van der Waals surface area contributed by atoms with Crippen molar-refractivity contribution in [3.05, 3.63) is 87.9 Å². The van der Waals surface area contributed by atoms with Gasteiger partial charge in [0.15, 0.2) is 6.10 Å². The fraction of sp³-hybridized carbons (Fsp3) is 0.259. The van der Waals surface area contributed by atoms with E-state index in [-0.39, 0.29) is 10.9 Å². The second kappa shape index (κ2) is 10.7. The highest BCUT2D eigenvalue weighted by Gasteiger charge is 2.20. The minimum absolute atomic E-state index is 0.0557. The predicted octanol–water partition coefficient (Wildman–Crippen LogP) is 6.75. The molecule has 0 aliphatic carbocycles. The molecule has 35 heavy (non-hydrogen) atoms. The van der Waals surface area contributed by atoms with Gasteiger partial charge in [0.05, 0.1) is 17.0 Å². The highest BCUT2D eigenvalue weighted by molar-refractivity contribution is 6.36. The van der Waals surface area contributed by atoms with Crippen LogP contribution in [0.3, 0.4) is 0 Å². The van der Waals surface area contributed by atoms with E-state index >= 15 is 0 Å². The van der Waals surface area contributed by atoms with Gasteiger partial charge >= 0.3 is 0 Å². The number of rotatable bonds is 8. The van der Waals surface area contributed by atoms with E-state index < -0.39 is 11.9 Å². The van der Waals surface area contributed by atoms with E-state index in [2.05, 4.69) is 4.98 Å². The number of aromatic nitrogens is 2. The highest BCUT2D eigenvalue weighted by atomic mass is 35.5. The average Bonchev–Trinajstić information content (AvgIpc) is 3.25. The lowest BCUT2D eigenvalue weighted by Crippen LogP contribution is -2.31. The van der Waals surface area contributed by atoms with Crippen LogP contribution in [0.15, 0.2) is 60.9 Å². The molecule has 4 aromatic rings. The van der Waals surface area contributed by atoms with Crippen LogP contribution in [0.1, 0.15) is 38.0 Å². The summed E-state index contributed by atoms with van der Waals surface area (Å²) >= 11 is 12.4. The molecule has 0 radical (unpaired) electrons. The van der Waals surface area contributed by atoms with Crippen molar-refractivity contribution in [2.45, 2.75) is 33.3 Å². The van der Waals surface area contributed by atoms with Gasteiger partial charge in [0, 0.05) is 41.6 Å².